The van der Waals surface area contributed by atoms with E-state index in [1.165, 1.54) is 13.8 Å². The summed E-state index contributed by atoms with van der Waals surface area (Å²) >= 11 is -0.877. The zero-order valence-corrected chi connectivity index (χ0v) is 9.23. The van der Waals surface area contributed by atoms with Gasteiger partial charge in [-0.25, -0.2) is 8.70 Å². The van der Waals surface area contributed by atoms with Gasteiger partial charge < -0.3 is 0 Å². The lowest BCUT2D eigenvalue weighted by Crippen LogP contribution is -2.52. The lowest BCUT2D eigenvalue weighted by atomic mass is 10.3. The highest BCUT2D eigenvalue weighted by molar-refractivity contribution is 7.98. The molecule has 0 saturated carbocycles. The van der Waals surface area contributed by atoms with Gasteiger partial charge in [0.15, 0.2) is 0 Å². The van der Waals surface area contributed by atoms with Crippen molar-refractivity contribution in [3.63, 3.8) is 0 Å². The van der Waals surface area contributed by atoms with Crippen LogP contribution in [0, 0.1) is 0 Å². The monoisotopic (exact) mass is 273 g/mol. The number of halogens is 7. The molecular weight excluding hydrogens is 263 g/mol. The van der Waals surface area contributed by atoms with E-state index in [-0.39, 0.29) is 13.1 Å². The van der Waals surface area contributed by atoms with E-state index in [0.717, 1.165) is 0 Å². The number of nitrogens with zero attached hydrogens (tertiary/aromatic N) is 1. The van der Waals surface area contributed by atoms with Crippen molar-refractivity contribution < 1.29 is 30.7 Å². The van der Waals surface area contributed by atoms with Gasteiger partial charge in [0.1, 0.15) is 0 Å². The summed E-state index contributed by atoms with van der Waals surface area (Å²) in [5, 5.41) is -5.26. The zero-order valence-electron chi connectivity index (χ0n) is 8.42. The minimum atomic E-state index is -6.00. The minimum Gasteiger partial charge on any atom is -0.248 e. The Labute approximate surface area is 92.1 Å². The topological polar surface area (TPSA) is 3.24 Å². The van der Waals surface area contributed by atoms with Gasteiger partial charge in [0, 0.05) is 13.1 Å². The molecule has 0 aliphatic rings. The van der Waals surface area contributed by atoms with Crippen LogP contribution in [0.4, 0.5) is 30.7 Å². The molecule has 0 aromatic heterocycles. The van der Waals surface area contributed by atoms with Crippen molar-refractivity contribution >= 4 is 11.9 Å². The van der Waals surface area contributed by atoms with Crippen molar-refractivity contribution in [2.24, 2.45) is 0 Å². The smallest absolute Gasteiger partial charge is 0.248 e. The molecule has 1 nitrogen and oxygen atoms in total. The first kappa shape index (κ1) is 15.8. The molecule has 0 atom stereocenters. The van der Waals surface area contributed by atoms with Crippen LogP contribution in [-0.4, -0.2) is 34.7 Å². The van der Waals surface area contributed by atoms with Crippen molar-refractivity contribution in [2.75, 3.05) is 13.1 Å². The van der Waals surface area contributed by atoms with Gasteiger partial charge in [-0.05, 0) is 11.9 Å². The van der Waals surface area contributed by atoms with E-state index in [2.05, 4.69) is 0 Å². The van der Waals surface area contributed by atoms with Crippen molar-refractivity contribution in [1.29, 1.82) is 0 Å². The van der Waals surface area contributed by atoms with E-state index in [9.17, 15) is 30.7 Å². The van der Waals surface area contributed by atoms with Crippen LogP contribution in [0.2, 0.25) is 0 Å². The van der Waals surface area contributed by atoms with E-state index >= 15 is 0 Å². The fourth-order valence-electron chi connectivity index (χ4n) is 0.795. The molecule has 0 N–H and O–H groups in total. The van der Waals surface area contributed by atoms with Gasteiger partial charge in [-0.1, -0.05) is 13.8 Å². The SMILES string of the molecule is CCN(CC)SC(F)(C(F)(F)F)C(F)(F)F. The summed E-state index contributed by atoms with van der Waals surface area (Å²) in [6.45, 7) is 2.42. The summed E-state index contributed by atoms with van der Waals surface area (Å²) < 4.78 is 86.3. The third-order valence-corrected chi connectivity index (χ3v) is 3.18. The van der Waals surface area contributed by atoms with Crippen LogP contribution >= 0.6 is 11.9 Å². The summed E-state index contributed by atoms with van der Waals surface area (Å²) in [7, 11) is 0. The maximum absolute atomic E-state index is 13.1. The molecule has 9 heteroatoms. The Kier molecular flexibility index (Phi) is 4.93. The Bertz CT molecular complexity index is 206. The molecule has 0 amide bonds. The average molecular weight is 273 g/mol. The molecule has 0 aromatic rings. The fraction of sp³-hybridized carbons (Fsp3) is 1.00. The van der Waals surface area contributed by atoms with Crippen LogP contribution < -0.4 is 0 Å². The standard InChI is InChI=1S/C7H10F7NS/c1-3-15(4-2)16-5(8,6(9,10)11)7(12,13)14/h3-4H2,1-2H3. The predicted molar refractivity (Wildman–Crippen MR) is 46.5 cm³/mol. The van der Waals surface area contributed by atoms with Crippen molar-refractivity contribution in [2.45, 2.75) is 31.2 Å². The van der Waals surface area contributed by atoms with Gasteiger partial charge in [0.2, 0.25) is 0 Å². The Morgan fingerprint density at radius 3 is 1.31 bits per heavy atom. The molecule has 0 spiro atoms. The van der Waals surface area contributed by atoms with Crippen LogP contribution in [0.5, 0.6) is 0 Å². The summed E-state index contributed by atoms with van der Waals surface area (Å²) in [5.74, 6) is 0. The molecule has 0 radical (unpaired) electrons. The van der Waals surface area contributed by atoms with E-state index in [1.807, 2.05) is 0 Å². The quantitative estimate of drug-likeness (QED) is 0.566. The van der Waals surface area contributed by atoms with Crippen molar-refractivity contribution in [1.82, 2.24) is 4.31 Å². The first-order valence-corrected chi connectivity index (χ1v) is 5.03. The lowest BCUT2D eigenvalue weighted by molar-refractivity contribution is -0.303. The molecule has 0 heterocycles. The van der Waals surface area contributed by atoms with Crippen LogP contribution in [-0.2, 0) is 0 Å². The molecule has 0 bridgehead atoms. The third-order valence-electron chi connectivity index (χ3n) is 1.69. The molecule has 0 aliphatic carbocycles. The summed E-state index contributed by atoms with van der Waals surface area (Å²) in [4.78, 5) is 0. The van der Waals surface area contributed by atoms with Gasteiger partial charge in [0.05, 0.1) is 0 Å². The van der Waals surface area contributed by atoms with E-state index in [1.54, 1.807) is 0 Å². The van der Waals surface area contributed by atoms with Gasteiger partial charge in [-0.2, -0.15) is 26.3 Å². The molecule has 0 unspecified atom stereocenters. The Morgan fingerprint density at radius 1 is 0.812 bits per heavy atom. The fourth-order valence-corrected chi connectivity index (χ4v) is 1.62. The van der Waals surface area contributed by atoms with Crippen LogP contribution in [0.15, 0.2) is 0 Å². The normalized spacial score (nSPS) is 14.6. The van der Waals surface area contributed by atoms with Crippen LogP contribution in [0.25, 0.3) is 0 Å². The van der Waals surface area contributed by atoms with E-state index in [4.69, 9.17) is 0 Å². The second-order valence-electron chi connectivity index (χ2n) is 2.80. The number of hydrogen-bond donors (Lipinski definition) is 0. The molecule has 16 heavy (non-hydrogen) atoms. The maximum atomic E-state index is 13.1. The van der Waals surface area contributed by atoms with E-state index < -0.39 is 29.3 Å². The van der Waals surface area contributed by atoms with Gasteiger partial charge in [0.25, 0.3) is 0 Å². The average Bonchev–Trinajstić information content (AvgIpc) is 2.10. The molecule has 0 aromatic carbocycles. The zero-order chi connectivity index (χ0) is 13.2. The summed E-state index contributed by atoms with van der Waals surface area (Å²) in [6.07, 6.45) is -12.0. The van der Waals surface area contributed by atoms with Gasteiger partial charge in [-0.15, -0.1) is 0 Å². The molecule has 0 aliphatic heterocycles. The van der Waals surface area contributed by atoms with Crippen molar-refractivity contribution in [3.8, 4) is 0 Å². The number of hydrogen-bond acceptors (Lipinski definition) is 2. The van der Waals surface area contributed by atoms with Gasteiger partial charge >= 0.3 is 17.4 Å². The largest absolute Gasteiger partial charge is 0.442 e. The Hall–Kier alpha value is -0.180. The maximum Gasteiger partial charge on any atom is 0.442 e. The highest BCUT2D eigenvalue weighted by Crippen LogP contribution is 2.53. The Balaban J connectivity index is 5.12. The molecule has 0 rings (SSSR count). The molecular formula is C7H10F7NS. The minimum absolute atomic E-state index is 0.126. The number of rotatable bonds is 4. The van der Waals surface area contributed by atoms with Crippen LogP contribution in [0.3, 0.4) is 0 Å². The molecule has 0 saturated heterocycles. The lowest BCUT2D eigenvalue weighted by Gasteiger charge is -2.32. The molecule has 0 fully saturated rings. The predicted octanol–water partition coefficient (Wildman–Crippen LogP) is 3.77. The second-order valence-corrected chi connectivity index (χ2v) is 4.06. The first-order valence-electron chi connectivity index (χ1n) is 4.26. The van der Waals surface area contributed by atoms with Crippen molar-refractivity contribution in [3.05, 3.63) is 0 Å². The Morgan fingerprint density at radius 2 is 1.12 bits per heavy atom. The van der Waals surface area contributed by atoms with E-state index in [0.29, 0.717) is 4.31 Å². The summed E-state index contributed by atoms with van der Waals surface area (Å²) in [5.41, 5.74) is 0. The summed E-state index contributed by atoms with van der Waals surface area (Å²) in [6, 6.07) is 0. The first-order chi connectivity index (χ1) is 6.99. The van der Waals surface area contributed by atoms with Gasteiger partial charge in [-0.3, -0.25) is 0 Å². The highest BCUT2D eigenvalue weighted by atomic mass is 32.2. The number of alkyl halides is 7. The second kappa shape index (κ2) is 4.99. The third kappa shape index (κ3) is 3.16. The van der Waals surface area contributed by atoms with Crippen LogP contribution in [0.1, 0.15) is 13.8 Å². The molecule has 98 valence electrons. The highest BCUT2D eigenvalue weighted by Gasteiger charge is 2.74.